The van der Waals surface area contributed by atoms with Gasteiger partial charge in [0, 0.05) is 41.7 Å². The van der Waals surface area contributed by atoms with E-state index in [0.717, 1.165) is 23.0 Å². The number of fused-ring (bicyclic) bond motifs is 1. The number of carbonyl (C=O) groups excluding carboxylic acids is 2. The summed E-state index contributed by atoms with van der Waals surface area (Å²) in [6.07, 6.45) is -2.19. The van der Waals surface area contributed by atoms with Gasteiger partial charge in [-0.25, -0.2) is 9.97 Å². The number of hydrogen-bond donors (Lipinski definition) is 3. The number of amides is 1. The van der Waals surface area contributed by atoms with Gasteiger partial charge in [0.1, 0.15) is 17.6 Å². The molecule has 0 radical (unpaired) electrons. The molecule has 0 spiro atoms. The van der Waals surface area contributed by atoms with Crippen LogP contribution in [0.5, 0.6) is 0 Å². The number of ketones is 1. The monoisotopic (exact) mass is 479 g/mol. The van der Waals surface area contributed by atoms with Gasteiger partial charge in [0.05, 0.1) is 5.56 Å². The quantitative estimate of drug-likeness (QED) is 0.357. The summed E-state index contributed by atoms with van der Waals surface area (Å²) in [4.78, 5) is 37.2. The topological polar surface area (TPSA) is 99.8 Å². The van der Waals surface area contributed by atoms with Gasteiger partial charge in [0.15, 0.2) is 11.6 Å². The minimum atomic E-state index is -4.45. The molecule has 2 aromatic carbocycles. The first-order chi connectivity index (χ1) is 16.8. The van der Waals surface area contributed by atoms with E-state index in [1.807, 2.05) is 30.5 Å². The highest BCUT2D eigenvalue weighted by Crippen LogP contribution is 2.29. The van der Waals surface area contributed by atoms with Gasteiger partial charge in [-0.05, 0) is 48.4 Å². The number of nitrogens with zero attached hydrogens (tertiary/aromatic N) is 2. The molecule has 1 fully saturated rings. The number of rotatable bonds is 6. The first kappa shape index (κ1) is 22.6. The van der Waals surface area contributed by atoms with Gasteiger partial charge in [-0.15, -0.1) is 0 Å². The fourth-order valence-electron chi connectivity index (χ4n) is 3.98. The smallest absolute Gasteiger partial charge is 0.361 e. The molecule has 2 aromatic heterocycles. The maximum atomic E-state index is 13.1. The van der Waals surface area contributed by atoms with E-state index in [2.05, 4.69) is 25.6 Å². The molecule has 1 atom stereocenters. The van der Waals surface area contributed by atoms with Gasteiger partial charge >= 0.3 is 6.18 Å². The number of alkyl halides is 3. The molecule has 1 amide bonds. The Labute approximate surface area is 197 Å². The van der Waals surface area contributed by atoms with Crippen LogP contribution in [0.25, 0.3) is 22.3 Å². The third kappa shape index (κ3) is 4.86. The first-order valence-electron chi connectivity index (χ1n) is 11.0. The Balaban J connectivity index is 1.47. The number of aromatic nitrogens is 3. The molecule has 0 bridgehead atoms. The second-order valence-corrected chi connectivity index (χ2v) is 8.31. The zero-order valence-electron chi connectivity index (χ0n) is 18.3. The number of aromatic amines is 1. The van der Waals surface area contributed by atoms with Crippen molar-refractivity contribution in [2.45, 2.75) is 25.1 Å². The van der Waals surface area contributed by atoms with E-state index in [1.165, 1.54) is 18.2 Å². The summed E-state index contributed by atoms with van der Waals surface area (Å²) >= 11 is 0. The van der Waals surface area contributed by atoms with Crippen molar-refractivity contribution in [3.8, 4) is 11.4 Å². The minimum Gasteiger partial charge on any atom is -0.361 e. The Morgan fingerprint density at radius 3 is 2.57 bits per heavy atom. The summed E-state index contributed by atoms with van der Waals surface area (Å²) in [5.41, 5.74) is 1.37. The van der Waals surface area contributed by atoms with Gasteiger partial charge < -0.3 is 15.6 Å². The van der Waals surface area contributed by atoms with Crippen LogP contribution in [-0.4, -0.2) is 39.2 Å². The number of anilines is 1. The third-order valence-corrected chi connectivity index (χ3v) is 5.84. The van der Waals surface area contributed by atoms with Gasteiger partial charge in [0.2, 0.25) is 5.91 Å². The van der Waals surface area contributed by atoms with E-state index in [0.29, 0.717) is 35.7 Å². The van der Waals surface area contributed by atoms with E-state index in [1.54, 1.807) is 0 Å². The van der Waals surface area contributed by atoms with E-state index in [9.17, 15) is 22.8 Å². The molecule has 0 saturated carbocycles. The minimum absolute atomic E-state index is 0.102. The molecule has 0 aliphatic carbocycles. The van der Waals surface area contributed by atoms with E-state index < -0.39 is 17.8 Å². The first-order valence-corrected chi connectivity index (χ1v) is 11.0. The molecule has 4 aromatic rings. The number of hydrogen-bond acceptors (Lipinski definition) is 5. The van der Waals surface area contributed by atoms with Crippen molar-refractivity contribution in [2.24, 2.45) is 0 Å². The van der Waals surface area contributed by atoms with Crippen molar-refractivity contribution < 1.29 is 22.8 Å². The molecule has 35 heavy (non-hydrogen) atoms. The molecule has 5 rings (SSSR count). The van der Waals surface area contributed by atoms with Crippen molar-refractivity contribution in [3.05, 3.63) is 77.6 Å². The highest BCUT2D eigenvalue weighted by Gasteiger charge is 2.30. The molecule has 10 heteroatoms. The van der Waals surface area contributed by atoms with Gasteiger partial charge in [-0.1, -0.05) is 12.1 Å². The van der Waals surface area contributed by atoms with Crippen LogP contribution in [-0.2, 0) is 17.4 Å². The number of benzene rings is 2. The highest BCUT2D eigenvalue weighted by molar-refractivity contribution is 5.97. The number of nitrogens with one attached hydrogen (secondary N) is 3. The van der Waals surface area contributed by atoms with Crippen LogP contribution in [0.4, 0.5) is 19.0 Å². The van der Waals surface area contributed by atoms with Crippen molar-refractivity contribution in [3.63, 3.8) is 0 Å². The summed E-state index contributed by atoms with van der Waals surface area (Å²) in [5, 5.41) is 6.75. The lowest BCUT2D eigenvalue weighted by molar-refractivity contribution is -0.137. The maximum Gasteiger partial charge on any atom is 0.416 e. The summed E-state index contributed by atoms with van der Waals surface area (Å²) < 4.78 is 38.5. The largest absolute Gasteiger partial charge is 0.416 e. The van der Waals surface area contributed by atoms with Gasteiger partial charge in [-0.3, -0.25) is 9.59 Å². The summed E-state index contributed by atoms with van der Waals surface area (Å²) in [5.74, 6) is 0.0841. The molecule has 178 valence electrons. The second-order valence-electron chi connectivity index (χ2n) is 8.31. The average Bonchev–Trinajstić information content (AvgIpc) is 3.47. The zero-order chi connectivity index (χ0) is 24.6. The van der Waals surface area contributed by atoms with Gasteiger partial charge in [0.25, 0.3) is 0 Å². The lowest BCUT2D eigenvalue weighted by atomic mass is 10.0. The van der Waals surface area contributed by atoms with Crippen LogP contribution in [0.2, 0.25) is 0 Å². The van der Waals surface area contributed by atoms with Crippen LogP contribution < -0.4 is 10.6 Å². The van der Waals surface area contributed by atoms with Crippen LogP contribution in [0.1, 0.15) is 28.0 Å². The third-order valence-electron chi connectivity index (χ3n) is 5.84. The van der Waals surface area contributed by atoms with Crippen LogP contribution in [0.3, 0.4) is 0 Å². The predicted octanol–water partition coefficient (Wildman–Crippen LogP) is 4.37. The predicted molar refractivity (Wildman–Crippen MR) is 124 cm³/mol. The van der Waals surface area contributed by atoms with Crippen LogP contribution in [0.15, 0.2) is 60.8 Å². The zero-order valence-corrected chi connectivity index (χ0v) is 18.3. The Morgan fingerprint density at radius 2 is 1.86 bits per heavy atom. The fraction of sp³-hybridized carbons (Fsp3) is 0.200. The molecular formula is C25H20F3N5O2. The Kier molecular flexibility index (Phi) is 5.72. The van der Waals surface area contributed by atoms with Crippen LogP contribution >= 0.6 is 0 Å². The number of halogens is 3. The Bertz CT molecular complexity index is 1410. The molecular weight excluding hydrogens is 459 g/mol. The summed E-state index contributed by atoms with van der Waals surface area (Å²) in [6.45, 7) is 0.540. The highest BCUT2D eigenvalue weighted by atomic mass is 19.4. The maximum absolute atomic E-state index is 13.1. The van der Waals surface area contributed by atoms with Crippen LogP contribution in [0, 0.1) is 0 Å². The number of Topliss-reactive ketones (excluding diaryl/α,β-unsaturated/α-hetero) is 1. The molecule has 1 aliphatic rings. The van der Waals surface area contributed by atoms with E-state index >= 15 is 0 Å². The van der Waals surface area contributed by atoms with Crippen molar-refractivity contribution in [2.75, 3.05) is 11.9 Å². The second kappa shape index (κ2) is 8.86. The van der Waals surface area contributed by atoms with E-state index in [-0.39, 0.29) is 23.8 Å². The lowest BCUT2D eigenvalue weighted by Crippen LogP contribution is -2.30. The van der Waals surface area contributed by atoms with Crippen molar-refractivity contribution in [1.29, 1.82) is 0 Å². The van der Waals surface area contributed by atoms with Crippen molar-refractivity contribution in [1.82, 2.24) is 20.3 Å². The number of carbonyl (C=O) groups is 2. The molecule has 7 nitrogen and oxygen atoms in total. The molecule has 1 saturated heterocycles. The van der Waals surface area contributed by atoms with E-state index in [4.69, 9.17) is 0 Å². The molecule has 0 unspecified atom stereocenters. The standard InChI is InChI=1S/C25H20F3N5O2/c26-25(27,28)17-4-1-14(2-5-17)11-21(34)20-13-22(31-19-8-10-30-24(19)35)33-23(32-20)16-3-6-18-15(12-16)7-9-29-18/h1-7,9,12-13,19,29H,8,10-11H2,(H,30,35)(H,31,32,33)/t19-/m0/s1. The summed E-state index contributed by atoms with van der Waals surface area (Å²) in [6, 6.07) is 12.9. The van der Waals surface area contributed by atoms with Gasteiger partial charge in [-0.2, -0.15) is 13.2 Å². The Hall–Kier alpha value is -4.21. The lowest BCUT2D eigenvalue weighted by Gasteiger charge is -2.13. The summed E-state index contributed by atoms with van der Waals surface area (Å²) in [7, 11) is 0. The molecule has 3 N–H and O–H groups in total. The molecule has 3 heterocycles. The fourth-order valence-corrected chi connectivity index (χ4v) is 3.98. The Morgan fingerprint density at radius 1 is 1.06 bits per heavy atom. The molecule has 1 aliphatic heterocycles. The number of H-pyrrole nitrogens is 1. The normalized spacial score (nSPS) is 15.9. The van der Waals surface area contributed by atoms with Crippen molar-refractivity contribution >= 4 is 28.4 Å². The SMILES string of the molecule is O=C(Cc1ccc(C(F)(F)F)cc1)c1cc(N[C@H]2CCNC2=O)nc(-c2ccc3[nH]ccc3c2)n1. The average molecular weight is 479 g/mol.